The van der Waals surface area contributed by atoms with Gasteiger partial charge in [0.05, 0.1) is 19.6 Å². The Morgan fingerprint density at radius 2 is 1.03 bits per heavy atom. The van der Waals surface area contributed by atoms with Crippen molar-refractivity contribution < 1.29 is 34.5 Å². The van der Waals surface area contributed by atoms with Gasteiger partial charge in [0.2, 0.25) is 5.91 Å². The first-order valence-corrected chi connectivity index (χ1v) is 10.8. The molecule has 11 heteroatoms. The number of rotatable bonds is 8. The Labute approximate surface area is 182 Å². The van der Waals surface area contributed by atoms with E-state index in [1.165, 1.54) is 0 Å². The van der Waals surface area contributed by atoms with Crippen molar-refractivity contribution in [3.8, 4) is 0 Å². The second-order valence-electron chi connectivity index (χ2n) is 8.18. The van der Waals surface area contributed by atoms with Gasteiger partial charge in [-0.1, -0.05) is 6.42 Å². The molecule has 31 heavy (non-hydrogen) atoms. The maximum atomic E-state index is 11.4. The van der Waals surface area contributed by atoms with Crippen LogP contribution in [0.1, 0.15) is 38.5 Å². The van der Waals surface area contributed by atoms with Gasteiger partial charge >= 0.3 is 17.9 Å². The van der Waals surface area contributed by atoms with Crippen molar-refractivity contribution in [3.05, 3.63) is 0 Å². The van der Waals surface area contributed by atoms with Crippen LogP contribution in [0.15, 0.2) is 0 Å². The zero-order chi connectivity index (χ0) is 23.2. The number of hydrogen-bond acceptors (Lipinski definition) is 7. The number of nitrogens with two attached hydrogens (primary N) is 1. The summed E-state index contributed by atoms with van der Waals surface area (Å²) in [7, 11) is 0. The Hall–Kier alpha value is -2.24. The standard InChI is InChI=1S/C20H36N4O7/c21-17(25)12-16-4-1-2-6-22(13-18(26)27)8-10-24(15-20(30)31)11-9-23(7-3-5-16)14-19(28)29/h16H,1-15H2,(H2,21,25)(H,26,27)(H,28,29)(H,30,31). The van der Waals surface area contributed by atoms with Gasteiger partial charge in [0.15, 0.2) is 0 Å². The van der Waals surface area contributed by atoms with Gasteiger partial charge in [-0.2, -0.15) is 0 Å². The summed E-state index contributed by atoms with van der Waals surface area (Å²) < 4.78 is 0. The van der Waals surface area contributed by atoms with Crippen LogP contribution >= 0.6 is 0 Å². The van der Waals surface area contributed by atoms with Crippen LogP contribution in [0.2, 0.25) is 0 Å². The Balaban J connectivity index is 2.90. The number of carboxylic acid groups (broad SMARTS) is 3. The minimum Gasteiger partial charge on any atom is -0.480 e. The van der Waals surface area contributed by atoms with E-state index >= 15 is 0 Å². The lowest BCUT2D eigenvalue weighted by Crippen LogP contribution is -2.44. The van der Waals surface area contributed by atoms with Crippen molar-refractivity contribution in [1.29, 1.82) is 0 Å². The summed E-state index contributed by atoms with van der Waals surface area (Å²) in [6.07, 6.45) is 4.14. The normalized spacial score (nSPS) is 21.6. The molecule has 1 amide bonds. The monoisotopic (exact) mass is 444 g/mol. The Morgan fingerprint density at radius 1 is 0.645 bits per heavy atom. The zero-order valence-electron chi connectivity index (χ0n) is 18.1. The molecule has 1 aliphatic rings. The van der Waals surface area contributed by atoms with Crippen LogP contribution in [0.3, 0.4) is 0 Å². The molecule has 1 fully saturated rings. The fourth-order valence-corrected chi connectivity index (χ4v) is 3.95. The molecule has 1 unspecified atom stereocenters. The largest absolute Gasteiger partial charge is 0.480 e. The van der Waals surface area contributed by atoms with E-state index in [-0.39, 0.29) is 37.9 Å². The molecule has 0 saturated carbocycles. The van der Waals surface area contributed by atoms with Gasteiger partial charge in [-0.3, -0.25) is 33.9 Å². The highest BCUT2D eigenvalue weighted by Crippen LogP contribution is 2.19. The second kappa shape index (κ2) is 14.7. The minimum atomic E-state index is -0.984. The van der Waals surface area contributed by atoms with Gasteiger partial charge in [-0.25, -0.2) is 0 Å². The maximum Gasteiger partial charge on any atom is 0.317 e. The van der Waals surface area contributed by atoms with E-state index in [0.29, 0.717) is 39.3 Å². The third-order valence-corrected chi connectivity index (χ3v) is 5.45. The zero-order valence-corrected chi connectivity index (χ0v) is 18.1. The highest BCUT2D eigenvalue weighted by atomic mass is 16.4. The van der Waals surface area contributed by atoms with Gasteiger partial charge < -0.3 is 21.1 Å². The number of nitrogens with zero attached hydrogens (tertiary/aromatic N) is 3. The molecule has 178 valence electrons. The van der Waals surface area contributed by atoms with Crippen molar-refractivity contribution >= 4 is 23.8 Å². The summed E-state index contributed by atoms with van der Waals surface area (Å²) in [5.41, 5.74) is 5.38. The van der Waals surface area contributed by atoms with Crippen molar-refractivity contribution in [2.75, 3.05) is 58.9 Å². The minimum absolute atomic E-state index is 0.116. The second-order valence-corrected chi connectivity index (χ2v) is 8.18. The van der Waals surface area contributed by atoms with Crippen LogP contribution in [0, 0.1) is 5.92 Å². The van der Waals surface area contributed by atoms with Gasteiger partial charge in [0.1, 0.15) is 0 Å². The van der Waals surface area contributed by atoms with E-state index in [1.54, 1.807) is 14.7 Å². The van der Waals surface area contributed by atoms with E-state index < -0.39 is 17.9 Å². The molecule has 1 aliphatic heterocycles. The number of hydrogen-bond donors (Lipinski definition) is 4. The summed E-state index contributed by atoms with van der Waals surface area (Å²) in [6, 6.07) is 0. The van der Waals surface area contributed by atoms with E-state index in [4.69, 9.17) is 5.73 Å². The number of carbonyl (C=O) groups excluding carboxylic acids is 1. The highest BCUT2D eigenvalue weighted by molar-refractivity contribution is 5.74. The van der Waals surface area contributed by atoms with Crippen LogP contribution in [0.4, 0.5) is 0 Å². The molecule has 1 saturated heterocycles. The summed E-state index contributed by atoms with van der Waals surface area (Å²) in [6.45, 7) is 2.18. The fourth-order valence-electron chi connectivity index (χ4n) is 3.95. The molecule has 0 radical (unpaired) electrons. The van der Waals surface area contributed by atoms with Gasteiger partial charge in [-0.15, -0.1) is 0 Å². The average molecular weight is 445 g/mol. The number of amides is 1. The molecular formula is C20H36N4O7. The van der Waals surface area contributed by atoms with Crippen LogP contribution < -0.4 is 5.73 Å². The molecule has 0 bridgehead atoms. The lowest BCUT2D eigenvalue weighted by atomic mass is 9.93. The predicted octanol–water partition coefficient (Wildman–Crippen LogP) is -0.398. The van der Waals surface area contributed by atoms with Crippen molar-refractivity contribution in [2.24, 2.45) is 11.7 Å². The highest BCUT2D eigenvalue weighted by Gasteiger charge is 2.19. The molecule has 0 aromatic heterocycles. The predicted molar refractivity (Wildman–Crippen MR) is 113 cm³/mol. The topological polar surface area (TPSA) is 165 Å². The molecule has 1 heterocycles. The number of primary amides is 1. The van der Waals surface area contributed by atoms with Gasteiger partial charge in [-0.05, 0) is 44.7 Å². The van der Waals surface area contributed by atoms with E-state index in [9.17, 15) is 34.5 Å². The fraction of sp³-hybridized carbons (Fsp3) is 0.800. The van der Waals surface area contributed by atoms with Crippen molar-refractivity contribution in [3.63, 3.8) is 0 Å². The van der Waals surface area contributed by atoms with Gasteiger partial charge in [0, 0.05) is 32.6 Å². The molecule has 0 aliphatic carbocycles. The number of carboxylic acids is 3. The first-order chi connectivity index (χ1) is 14.7. The molecule has 0 aromatic rings. The Bertz CT molecular complexity index is 602. The molecule has 1 rings (SSSR count). The Morgan fingerprint density at radius 3 is 1.45 bits per heavy atom. The van der Waals surface area contributed by atoms with Crippen LogP contribution in [0.5, 0.6) is 0 Å². The summed E-state index contributed by atoms with van der Waals surface area (Å²) in [4.78, 5) is 50.3. The van der Waals surface area contributed by atoms with E-state index in [1.807, 2.05) is 0 Å². The summed E-state index contributed by atoms with van der Waals surface area (Å²) >= 11 is 0. The van der Waals surface area contributed by atoms with Crippen molar-refractivity contribution in [1.82, 2.24) is 14.7 Å². The molecule has 11 nitrogen and oxygen atoms in total. The lowest BCUT2D eigenvalue weighted by Gasteiger charge is -2.28. The molecule has 1 atom stereocenters. The first-order valence-electron chi connectivity index (χ1n) is 10.8. The van der Waals surface area contributed by atoms with E-state index in [0.717, 1.165) is 32.1 Å². The molecular weight excluding hydrogens is 408 g/mol. The summed E-state index contributed by atoms with van der Waals surface area (Å²) in [5, 5.41) is 27.6. The third-order valence-electron chi connectivity index (χ3n) is 5.45. The third kappa shape index (κ3) is 13.6. The molecule has 0 spiro atoms. The first kappa shape index (κ1) is 26.8. The SMILES string of the molecule is NC(=O)CC1CCCCN(CC(=O)O)CCN(CC(=O)O)CCN(CC(=O)O)CCC1. The van der Waals surface area contributed by atoms with Crippen LogP contribution in [0.25, 0.3) is 0 Å². The quantitative estimate of drug-likeness (QED) is 0.387. The van der Waals surface area contributed by atoms with E-state index in [2.05, 4.69) is 0 Å². The number of aliphatic carboxylic acids is 3. The summed E-state index contributed by atoms with van der Waals surface area (Å²) in [5.74, 6) is -3.12. The maximum absolute atomic E-state index is 11.4. The average Bonchev–Trinajstić information content (AvgIpc) is 2.64. The van der Waals surface area contributed by atoms with Crippen LogP contribution in [-0.2, 0) is 19.2 Å². The molecule has 0 aromatic carbocycles. The molecule has 5 N–H and O–H groups in total. The Kier molecular flexibility index (Phi) is 12.7. The number of carbonyl (C=O) groups is 4. The van der Waals surface area contributed by atoms with Crippen molar-refractivity contribution in [2.45, 2.75) is 38.5 Å². The van der Waals surface area contributed by atoms with Gasteiger partial charge in [0.25, 0.3) is 0 Å². The lowest BCUT2D eigenvalue weighted by molar-refractivity contribution is -0.140. The smallest absolute Gasteiger partial charge is 0.317 e. The van der Waals surface area contributed by atoms with Crippen LogP contribution in [-0.4, -0.2) is 113 Å².